The average molecular weight is 471 g/mol. The van der Waals surface area contributed by atoms with Gasteiger partial charge in [0.25, 0.3) is 5.91 Å². The van der Waals surface area contributed by atoms with Crippen molar-refractivity contribution in [3.8, 4) is 11.3 Å². The van der Waals surface area contributed by atoms with Gasteiger partial charge in [0, 0.05) is 23.0 Å². The number of benzene rings is 2. The number of rotatable bonds is 7. The molecule has 1 unspecified atom stereocenters. The monoisotopic (exact) mass is 470 g/mol. The number of nitrogens with zero attached hydrogens (tertiary/aromatic N) is 1. The summed E-state index contributed by atoms with van der Waals surface area (Å²) in [5, 5.41) is 0. The highest BCUT2D eigenvalue weighted by atomic mass is 16.1. The predicted molar refractivity (Wildman–Crippen MR) is 147 cm³/mol. The largest absolute Gasteiger partial charge is 0.366 e. The first kappa shape index (κ1) is 25.3. The Bertz CT molecular complexity index is 1230. The molecule has 1 atom stereocenters. The number of nitrogens with two attached hydrogens (primary N) is 1. The van der Waals surface area contributed by atoms with Crippen molar-refractivity contribution in [2.24, 2.45) is 5.73 Å². The van der Waals surface area contributed by atoms with E-state index >= 15 is 0 Å². The Kier molecular flexibility index (Phi) is 6.74. The van der Waals surface area contributed by atoms with Crippen LogP contribution in [0.1, 0.15) is 105 Å². The van der Waals surface area contributed by atoms with Crippen LogP contribution in [0.4, 0.5) is 0 Å². The molecule has 3 nitrogen and oxygen atoms in total. The van der Waals surface area contributed by atoms with Crippen LogP contribution in [-0.2, 0) is 23.7 Å². The Labute approximate surface area is 211 Å². The molecule has 1 aliphatic rings. The minimum Gasteiger partial charge on any atom is -0.366 e. The summed E-state index contributed by atoms with van der Waals surface area (Å²) in [5.41, 5.74) is 15.7. The summed E-state index contributed by atoms with van der Waals surface area (Å²) in [6, 6.07) is 17.8. The average Bonchev–Trinajstić information content (AvgIpc) is 3.17. The number of amides is 1. The van der Waals surface area contributed by atoms with Gasteiger partial charge in [0.15, 0.2) is 0 Å². The van der Waals surface area contributed by atoms with Gasteiger partial charge in [0.1, 0.15) is 0 Å². The number of aryl methyl sites for hydroxylation is 2. The second-order valence-corrected chi connectivity index (χ2v) is 11.8. The van der Waals surface area contributed by atoms with Crippen LogP contribution in [0.25, 0.3) is 11.3 Å². The molecule has 1 heterocycles. The standard InChI is InChI=1S/C32H42N2O/c1-8-24-18-27-28(32(6,7)17-16-31(27,4)5)19-26(24)29-20-25(30(33)35)22(3)34(29)21(2)14-15-23-12-10-9-11-13-23/h9-13,18-21H,8,14-17H2,1-7H3,(H2,33,35). The quantitative estimate of drug-likeness (QED) is 0.378. The molecule has 1 aromatic heterocycles. The maximum atomic E-state index is 12.4. The number of primary amides is 1. The third-order valence-electron chi connectivity index (χ3n) is 8.43. The number of fused-ring (bicyclic) bond motifs is 1. The lowest BCUT2D eigenvalue weighted by Crippen LogP contribution is -2.34. The zero-order chi connectivity index (χ0) is 25.5. The first-order valence-electron chi connectivity index (χ1n) is 13.2. The zero-order valence-electron chi connectivity index (χ0n) is 22.7. The first-order valence-corrected chi connectivity index (χ1v) is 13.2. The maximum absolute atomic E-state index is 12.4. The molecule has 0 bridgehead atoms. The number of carbonyl (C=O) groups is 1. The normalized spacial score (nSPS) is 17.1. The van der Waals surface area contributed by atoms with E-state index in [0.29, 0.717) is 5.56 Å². The van der Waals surface area contributed by atoms with Crippen molar-refractivity contribution in [1.82, 2.24) is 4.57 Å². The fourth-order valence-electron chi connectivity index (χ4n) is 5.99. The molecule has 3 heteroatoms. The smallest absolute Gasteiger partial charge is 0.250 e. The summed E-state index contributed by atoms with van der Waals surface area (Å²) in [7, 11) is 0. The van der Waals surface area contributed by atoms with Gasteiger partial charge in [-0.3, -0.25) is 4.79 Å². The lowest BCUT2D eigenvalue weighted by molar-refractivity contribution is 0.0999. The summed E-state index contributed by atoms with van der Waals surface area (Å²) in [5.74, 6) is -0.352. The number of hydrogen-bond acceptors (Lipinski definition) is 1. The third kappa shape index (κ3) is 4.70. The van der Waals surface area contributed by atoms with Crippen LogP contribution in [0.3, 0.4) is 0 Å². The SMILES string of the molecule is CCc1cc2c(cc1-c1cc(C(N)=O)c(C)n1C(C)CCc1ccccc1)C(C)(C)CCC2(C)C. The molecule has 4 rings (SSSR count). The molecule has 0 fully saturated rings. The second-order valence-electron chi connectivity index (χ2n) is 11.8. The molecule has 0 saturated heterocycles. The fourth-order valence-corrected chi connectivity index (χ4v) is 5.99. The van der Waals surface area contributed by atoms with E-state index in [1.165, 1.54) is 40.7 Å². The predicted octanol–water partition coefficient (Wildman–Crippen LogP) is 7.67. The van der Waals surface area contributed by atoms with E-state index in [-0.39, 0.29) is 22.8 Å². The topological polar surface area (TPSA) is 48.0 Å². The Balaban J connectivity index is 1.86. The van der Waals surface area contributed by atoms with Crippen LogP contribution in [-0.4, -0.2) is 10.5 Å². The molecule has 3 aromatic rings. The molecular formula is C32H42N2O. The number of carbonyl (C=O) groups excluding carboxylic acids is 1. The van der Waals surface area contributed by atoms with Gasteiger partial charge in [0.2, 0.25) is 0 Å². The van der Waals surface area contributed by atoms with Crippen molar-refractivity contribution in [3.63, 3.8) is 0 Å². The van der Waals surface area contributed by atoms with E-state index in [9.17, 15) is 4.79 Å². The molecule has 0 saturated carbocycles. The maximum Gasteiger partial charge on any atom is 0.250 e. The van der Waals surface area contributed by atoms with E-state index in [1.807, 2.05) is 13.0 Å². The molecule has 0 aliphatic heterocycles. The highest BCUT2D eigenvalue weighted by molar-refractivity contribution is 5.96. The highest BCUT2D eigenvalue weighted by Gasteiger charge is 2.38. The van der Waals surface area contributed by atoms with Crippen LogP contribution < -0.4 is 5.73 Å². The number of aromatic nitrogens is 1. The van der Waals surface area contributed by atoms with Crippen LogP contribution in [0, 0.1) is 6.92 Å². The van der Waals surface area contributed by atoms with E-state index in [0.717, 1.165) is 30.7 Å². The highest BCUT2D eigenvalue weighted by Crippen LogP contribution is 2.48. The van der Waals surface area contributed by atoms with Gasteiger partial charge in [-0.2, -0.15) is 0 Å². The van der Waals surface area contributed by atoms with Gasteiger partial charge in [0.05, 0.1) is 5.56 Å². The summed E-state index contributed by atoms with van der Waals surface area (Å²) >= 11 is 0. The van der Waals surface area contributed by atoms with Crippen molar-refractivity contribution in [2.75, 3.05) is 0 Å². The minimum absolute atomic E-state index is 0.129. The van der Waals surface area contributed by atoms with E-state index in [1.54, 1.807) is 0 Å². The van der Waals surface area contributed by atoms with Crippen LogP contribution in [0.2, 0.25) is 0 Å². The molecule has 0 spiro atoms. The first-order chi connectivity index (χ1) is 16.5. The zero-order valence-corrected chi connectivity index (χ0v) is 22.7. The Morgan fingerprint density at radius 2 is 1.60 bits per heavy atom. The minimum atomic E-state index is -0.352. The van der Waals surface area contributed by atoms with Gasteiger partial charge in [-0.1, -0.05) is 71.0 Å². The molecule has 0 radical (unpaired) electrons. The van der Waals surface area contributed by atoms with Crippen LogP contribution >= 0.6 is 0 Å². The van der Waals surface area contributed by atoms with Crippen molar-refractivity contribution < 1.29 is 4.79 Å². The van der Waals surface area contributed by atoms with E-state index in [2.05, 4.69) is 88.6 Å². The summed E-state index contributed by atoms with van der Waals surface area (Å²) in [6.45, 7) is 16.0. The number of hydrogen-bond donors (Lipinski definition) is 1. The summed E-state index contributed by atoms with van der Waals surface area (Å²) < 4.78 is 2.37. The molecule has 1 aliphatic carbocycles. The van der Waals surface area contributed by atoms with Crippen molar-refractivity contribution in [1.29, 1.82) is 0 Å². The van der Waals surface area contributed by atoms with E-state index < -0.39 is 0 Å². The Morgan fingerprint density at radius 3 is 2.17 bits per heavy atom. The Morgan fingerprint density at radius 1 is 1.00 bits per heavy atom. The molecular weight excluding hydrogens is 428 g/mol. The fraction of sp³-hybridized carbons (Fsp3) is 0.469. The second kappa shape index (κ2) is 9.33. The van der Waals surface area contributed by atoms with Gasteiger partial charge in [-0.15, -0.1) is 0 Å². The molecule has 186 valence electrons. The molecule has 2 N–H and O–H groups in total. The van der Waals surface area contributed by atoms with Crippen molar-refractivity contribution in [2.45, 2.75) is 97.4 Å². The van der Waals surface area contributed by atoms with Crippen LogP contribution in [0.5, 0.6) is 0 Å². The molecule has 1 amide bonds. The summed E-state index contributed by atoms with van der Waals surface area (Å²) in [4.78, 5) is 12.4. The lowest BCUT2D eigenvalue weighted by atomic mass is 9.62. The lowest BCUT2D eigenvalue weighted by Gasteiger charge is -2.42. The van der Waals surface area contributed by atoms with Crippen molar-refractivity contribution >= 4 is 5.91 Å². The molecule has 2 aromatic carbocycles. The van der Waals surface area contributed by atoms with Gasteiger partial charge in [-0.25, -0.2) is 0 Å². The third-order valence-corrected chi connectivity index (χ3v) is 8.43. The van der Waals surface area contributed by atoms with Gasteiger partial charge >= 0.3 is 0 Å². The van der Waals surface area contributed by atoms with Crippen molar-refractivity contribution in [3.05, 3.63) is 82.0 Å². The Hall–Kier alpha value is -2.81. The summed E-state index contributed by atoms with van der Waals surface area (Å²) in [6.07, 6.45) is 5.33. The van der Waals surface area contributed by atoms with Crippen LogP contribution in [0.15, 0.2) is 48.5 Å². The van der Waals surface area contributed by atoms with Gasteiger partial charge < -0.3 is 10.3 Å². The molecule has 35 heavy (non-hydrogen) atoms. The van der Waals surface area contributed by atoms with Gasteiger partial charge in [-0.05, 0) is 91.2 Å². The van der Waals surface area contributed by atoms with E-state index in [4.69, 9.17) is 5.73 Å².